The number of benzene rings is 1. The Bertz CT molecular complexity index is 524. The minimum atomic E-state index is -0.564. The Morgan fingerprint density at radius 3 is 2.75 bits per heavy atom. The number of carbonyl (C=O) groups is 2. The van der Waals surface area contributed by atoms with Gasteiger partial charge in [0.15, 0.2) is 0 Å². The highest BCUT2D eigenvalue weighted by Gasteiger charge is 2.23. The summed E-state index contributed by atoms with van der Waals surface area (Å²) in [5.74, 6) is 0.178. The number of halogens is 2. The van der Waals surface area contributed by atoms with E-state index in [1.165, 1.54) is 0 Å². The van der Waals surface area contributed by atoms with Crippen LogP contribution in [0.25, 0.3) is 0 Å². The zero-order chi connectivity index (χ0) is 14.5. The first-order chi connectivity index (χ1) is 9.56. The minimum Gasteiger partial charge on any atom is -0.490 e. The lowest BCUT2D eigenvalue weighted by Gasteiger charge is -2.25. The van der Waals surface area contributed by atoms with E-state index in [9.17, 15) is 9.59 Å². The van der Waals surface area contributed by atoms with Gasteiger partial charge in [0, 0.05) is 11.4 Å². The zero-order valence-corrected chi connectivity index (χ0v) is 11.9. The summed E-state index contributed by atoms with van der Waals surface area (Å²) in [5.41, 5.74) is 0. The second kappa shape index (κ2) is 6.78. The summed E-state index contributed by atoms with van der Waals surface area (Å²) < 4.78 is 5.40. The van der Waals surface area contributed by atoms with Crippen molar-refractivity contribution < 1.29 is 19.2 Å². The van der Waals surface area contributed by atoms with Gasteiger partial charge in [-0.2, -0.15) is 0 Å². The van der Waals surface area contributed by atoms with Crippen molar-refractivity contribution in [1.82, 2.24) is 10.4 Å². The molecule has 1 saturated heterocycles. The van der Waals surface area contributed by atoms with Gasteiger partial charge in [-0.15, -0.1) is 0 Å². The fourth-order valence-electron chi connectivity index (χ4n) is 1.56. The topological polar surface area (TPSA) is 67.9 Å². The first-order valence-corrected chi connectivity index (χ1v) is 6.64. The van der Waals surface area contributed by atoms with Gasteiger partial charge >= 0.3 is 6.03 Å². The van der Waals surface area contributed by atoms with E-state index in [-0.39, 0.29) is 32.1 Å². The van der Waals surface area contributed by atoms with Crippen molar-refractivity contribution in [1.29, 1.82) is 0 Å². The molecule has 0 unspecified atom stereocenters. The number of nitrogens with zero attached hydrogens (tertiary/aromatic N) is 1. The Kier molecular flexibility index (Phi) is 5.05. The summed E-state index contributed by atoms with van der Waals surface area (Å²) in [5, 5.41) is 4.16. The predicted molar refractivity (Wildman–Crippen MR) is 72.8 cm³/mol. The lowest BCUT2D eigenvalue weighted by Crippen LogP contribution is -2.49. The Morgan fingerprint density at radius 2 is 2.05 bits per heavy atom. The van der Waals surface area contributed by atoms with Gasteiger partial charge in [0.05, 0.1) is 11.6 Å². The van der Waals surface area contributed by atoms with Crippen LogP contribution in [0.3, 0.4) is 0 Å². The molecule has 1 aliphatic rings. The van der Waals surface area contributed by atoms with E-state index in [2.05, 4.69) is 5.32 Å². The Labute approximate surface area is 125 Å². The second-order valence-corrected chi connectivity index (χ2v) is 4.81. The molecule has 0 atom stereocenters. The largest absolute Gasteiger partial charge is 0.490 e. The zero-order valence-electron chi connectivity index (χ0n) is 10.4. The van der Waals surface area contributed by atoms with Crippen LogP contribution < -0.4 is 10.1 Å². The molecule has 1 aromatic rings. The van der Waals surface area contributed by atoms with Crippen LogP contribution in [0.1, 0.15) is 6.42 Å². The number of urea groups is 1. The van der Waals surface area contributed by atoms with Gasteiger partial charge < -0.3 is 4.74 Å². The van der Waals surface area contributed by atoms with Crippen molar-refractivity contribution in [2.75, 3.05) is 19.8 Å². The fraction of sp³-hybridized carbons (Fsp3) is 0.333. The van der Waals surface area contributed by atoms with Gasteiger partial charge in [-0.05, 0) is 18.2 Å². The molecule has 1 aliphatic heterocycles. The molecule has 1 aromatic carbocycles. The summed E-state index contributed by atoms with van der Waals surface area (Å²) in [6, 6.07) is 4.32. The Balaban J connectivity index is 1.74. The van der Waals surface area contributed by atoms with E-state index >= 15 is 0 Å². The van der Waals surface area contributed by atoms with Gasteiger partial charge in [-0.3, -0.25) is 14.9 Å². The summed E-state index contributed by atoms with van der Waals surface area (Å²) in [6.07, 6.45) is 0.218. The third-order valence-electron chi connectivity index (χ3n) is 2.50. The second-order valence-electron chi connectivity index (χ2n) is 3.96. The summed E-state index contributed by atoms with van der Waals surface area (Å²) in [4.78, 5) is 27.5. The van der Waals surface area contributed by atoms with Crippen molar-refractivity contribution in [3.05, 3.63) is 28.2 Å². The lowest BCUT2D eigenvalue weighted by atomic mass is 10.3. The van der Waals surface area contributed by atoms with Crippen LogP contribution in [0.15, 0.2) is 18.2 Å². The number of nitrogens with one attached hydrogen (secondary N) is 1. The van der Waals surface area contributed by atoms with Gasteiger partial charge in [0.1, 0.15) is 19.0 Å². The average molecular weight is 319 g/mol. The maximum Gasteiger partial charge on any atom is 0.347 e. The van der Waals surface area contributed by atoms with Crippen molar-refractivity contribution in [3.8, 4) is 5.75 Å². The molecule has 2 rings (SSSR count). The molecule has 0 aliphatic carbocycles. The van der Waals surface area contributed by atoms with E-state index in [0.29, 0.717) is 15.8 Å². The smallest absolute Gasteiger partial charge is 0.347 e. The molecule has 1 heterocycles. The van der Waals surface area contributed by atoms with Gasteiger partial charge in [0.25, 0.3) is 0 Å². The summed E-state index contributed by atoms with van der Waals surface area (Å²) in [6.45, 7) is 0.589. The van der Waals surface area contributed by atoms with Crippen molar-refractivity contribution in [2.45, 2.75) is 6.42 Å². The molecule has 3 amide bonds. The standard InChI is InChI=1S/C12H12Cl2N2O4/c13-8-1-2-10(9(14)7-8)19-5-6-20-16-4-3-11(17)15-12(16)18/h1-2,7H,3-6H2,(H,15,17,18). The van der Waals surface area contributed by atoms with E-state index in [1.807, 2.05) is 0 Å². The first-order valence-electron chi connectivity index (χ1n) is 5.88. The van der Waals surface area contributed by atoms with Crippen molar-refractivity contribution in [2.24, 2.45) is 0 Å². The molecule has 20 heavy (non-hydrogen) atoms. The first kappa shape index (κ1) is 14.9. The van der Waals surface area contributed by atoms with Gasteiger partial charge in [-0.25, -0.2) is 9.86 Å². The van der Waals surface area contributed by atoms with E-state index < -0.39 is 6.03 Å². The summed E-state index contributed by atoms with van der Waals surface area (Å²) in [7, 11) is 0. The average Bonchev–Trinajstić information content (AvgIpc) is 2.39. The molecule has 108 valence electrons. The SMILES string of the molecule is O=C1CCN(OCCOc2ccc(Cl)cc2Cl)C(=O)N1. The number of hydrogen-bond donors (Lipinski definition) is 1. The molecule has 1 N–H and O–H groups in total. The number of imide groups is 1. The number of hydroxylamine groups is 2. The predicted octanol–water partition coefficient (Wildman–Crippen LogP) is 2.25. The highest BCUT2D eigenvalue weighted by Crippen LogP contribution is 2.27. The number of carbonyl (C=O) groups excluding carboxylic acids is 2. The molecule has 6 nitrogen and oxygen atoms in total. The molecule has 0 radical (unpaired) electrons. The monoisotopic (exact) mass is 318 g/mol. The lowest BCUT2D eigenvalue weighted by molar-refractivity contribution is -0.144. The van der Waals surface area contributed by atoms with Gasteiger partial charge in [-0.1, -0.05) is 23.2 Å². The number of amides is 3. The van der Waals surface area contributed by atoms with Crippen molar-refractivity contribution >= 4 is 35.1 Å². The molecule has 0 saturated carbocycles. The maximum absolute atomic E-state index is 11.4. The van der Waals surface area contributed by atoms with Crippen LogP contribution in [-0.2, 0) is 9.63 Å². The summed E-state index contributed by atoms with van der Waals surface area (Å²) >= 11 is 11.7. The molecular weight excluding hydrogens is 307 g/mol. The van der Waals surface area contributed by atoms with Crippen LogP contribution in [0.2, 0.25) is 10.0 Å². The molecule has 0 aromatic heterocycles. The third-order valence-corrected chi connectivity index (χ3v) is 3.03. The molecule has 0 spiro atoms. The van der Waals surface area contributed by atoms with E-state index in [0.717, 1.165) is 5.06 Å². The van der Waals surface area contributed by atoms with Crippen LogP contribution in [-0.4, -0.2) is 36.8 Å². The minimum absolute atomic E-state index is 0.153. The van der Waals surface area contributed by atoms with E-state index in [1.54, 1.807) is 18.2 Å². The quantitative estimate of drug-likeness (QED) is 0.845. The van der Waals surface area contributed by atoms with Crippen LogP contribution in [0.4, 0.5) is 4.79 Å². The third kappa shape index (κ3) is 4.00. The highest BCUT2D eigenvalue weighted by atomic mass is 35.5. The molecular formula is C12H12Cl2N2O4. The van der Waals surface area contributed by atoms with Crippen molar-refractivity contribution in [3.63, 3.8) is 0 Å². The number of hydrogen-bond acceptors (Lipinski definition) is 4. The molecule has 0 bridgehead atoms. The maximum atomic E-state index is 11.4. The highest BCUT2D eigenvalue weighted by molar-refractivity contribution is 6.35. The Hall–Kier alpha value is -1.50. The van der Waals surface area contributed by atoms with Crippen LogP contribution in [0.5, 0.6) is 5.75 Å². The van der Waals surface area contributed by atoms with Gasteiger partial charge in [0.2, 0.25) is 5.91 Å². The van der Waals surface area contributed by atoms with Crippen LogP contribution >= 0.6 is 23.2 Å². The van der Waals surface area contributed by atoms with E-state index in [4.69, 9.17) is 32.8 Å². The molecule has 1 fully saturated rings. The Morgan fingerprint density at radius 1 is 1.25 bits per heavy atom. The number of rotatable bonds is 5. The normalized spacial score (nSPS) is 15.2. The van der Waals surface area contributed by atoms with Crippen LogP contribution in [0, 0.1) is 0 Å². The number of ether oxygens (including phenoxy) is 1. The molecule has 8 heteroatoms. The fourth-order valence-corrected chi connectivity index (χ4v) is 2.03.